The summed E-state index contributed by atoms with van der Waals surface area (Å²) in [4.78, 5) is 0. The van der Waals surface area contributed by atoms with Crippen molar-refractivity contribution in [3.63, 3.8) is 0 Å². The lowest BCUT2D eigenvalue weighted by Crippen LogP contribution is -1.95. The second-order valence-electron chi connectivity index (χ2n) is 4.50. The van der Waals surface area contributed by atoms with E-state index in [1.165, 1.54) is 57.8 Å². The molecular formula is C13H24. The number of hydrogen-bond donors (Lipinski definition) is 0. The summed E-state index contributed by atoms with van der Waals surface area (Å²) < 4.78 is 0. The fourth-order valence-electron chi connectivity index (χ4n) is 2.07. The molecule has 1 aliphatic carbocycles. The zero-order valence-corrected chi connectivity index (χ0v) is 9.10. The molecule has 0 aliphatic heterocycles. The van der Waals surface area contributed by atoms with Gasteiger partial charge in [-0.05, 0) is 31.6 Å². The maximum atomic E-state index is 2.42. The molecule has 0 bridgehead atoms. The lowest BCUT2D eigenvalue weighted by molar-refractivity contribution is 0.441. The molecule has 76 valence electrons. The molecule has 0 saturated heterocycles. The van der Waals surface area contributed by atoms with Crippen molar-refractivity contribution in [2.45, 2.75) is 64.7 Å². The van der Waals surface area contributed by atoms with Crippen LogP contribution in [0.4, 0.5) is 0 Å². The van der Waals surface area contributed by atoms with Crippen LogP contribution in [0.3, 0.4) is 0 Å². The van der Waals surface area contributed by atoms with Crippen molar-refractivity contribution in [3.8, 4) is 0 Å². The molecule has 0 amide bonds. The highest BCUT2D eigenvalue weighted by Crippen LogP contribution is 2.18. The predicted molar refractivity (Wildman–Crippen MR) is 59.9 cm³/mol. The van der Waals surface area contributed by atoms with E-state index in [4.69, 9.17) is 0 Å². The SMILES string of the molecule is CC1CCCC/C=C\CCCCC1. The second-order valence-corrected chi connectivity index (χ2v) is 4.50. The molecule has 1 atom stereocenters. The Morgan fingerprint density at radius 3 is 2.00 bits per heavy atom. The highest BCUT2D eigenvalue weighted by molar-refractivity contribution is 4.81. The number of rotatable bonds is 0. The van der Waals surface area contributed by atoms with Crippen molar-refractivity contribution in [2.75, 3.05) is 0 Å². The van der Waals surface area contributed by atoms with Crippen LogP contribution in [-0.4, -0.2) is 0 Å². The number of hydrogen-bond acceptors (Lipinski definition) is 0. The molecule has 0 saturated carbocycles. The molecular weight excluding hydrogens is 156 g/mol. The monoisotopic (exact) mass is 180 g/mol. The Labute approximate surface area is 83.4 Å². The molecule has 1 aliphatic rings. The highest BCUT2D eigenvalue weighted by atomic mass is 14.1. The van der Waals surface area contributed by atoms with Crippen molar-refractivity contribution in [3.05, 3.63) is 12.2 Å². The second kappa shape index (κ2) is 7.17. The first kappa shape index (κ1) is 10.8. The summed E-state index contributed by atoms with van der Waals surface area (Å²) in [5.74, 6) is 0.975. The van der Waals surface area contributed by atoms with Crippen molar-refractivity contribution >= 4 is 0 Å². The van der Waals surface area contributed by atoms with Gasteiger partial charge in [-0.2, -0.15) is 0 Å². The number of allylic oxidation sites excluding steroid dienone is 2. The Morgan fingerprint density at radius 2 is 1.31 bits per heavy atom. The average Bonchev–Trinajstić information content (AvgIpc) is 2.11. The summed E-state index contributed by atoms with van der Waals surface area (Å²) in [6.07, 6.45) is 17.4. The molecule has 1 unspecified atom stereocenters. The summed E-state index contributed by atoms with van der Waals surface area (Å²) in [7, 11) is 0. The van der Waals surface area contributed by atoms with Gasteiger partial charge in [0.2, 0.25) is 0 Å². The Kier molecular flexibility index (Phi) is 5.97. The van der Waals surface area contributed by atoms with Crippen LogP contribution in [0.2, 0.25) is 0 Å². The molecule has 1 rings (SSSR count). The summed E-state index contributed by atoms with van der Waals surface area (Å²) in [6.45, 7) is 2.42. The molecule has 0 radical (unpaired) electrons. The van der Waals surface area contributed by atoms with Gasteiger partial charge in [-0.15, -0.1) is 0 Å². The molecule has 0 aromatic rings. The maximum absolute atomic E-state index is 2.42. The van der Waals surface area contributed by atoms with Crippen LogP contribution >= 0.6 is 0 Å². The Morgan fingerprint density at radius 1 is 0.769 bits per heavy atom. The Balaban J connectivity index is 2.20. The lowest BCUT2D eigenvalue weighted by atomic mass is 9.96. The standard InChI is InChI=1S/C13H24/c1-13-11-9-7-5-3-2-4-6-8-10-12-13/h2-3,13H,4-12H2,1H3/b3-2-. The maximum Gasteiger partial charge on any atom is -0.0351 e. The van der Waals surface area contributed by atoms with Gasteiger partial charge in [-0.1, -0.05) is 51.2 Å². The Hall–Kier alpha value is -0.260. The molecule has 0 heterocycles. The lowest BCUT2D eigenvalue weighted by Gasteiger charge is -2.11. The first-order chi connectivity index (χ1) is 6.39. The third-order valence-corrected chi connectivity index (χ3v) is 3.05. The van der Waals surface area contributed by atoms with Gasteiger partial charge in [-0.3, -0.25) is 0 Å². The van der Waals surface area contributed by atoms with E-state index in [2.05, 4.69) is 19.1 Å². The van der Waals surface area contributed by atoms with Crippen molar-refractivity contribution in [2.24, 2.45) is 5.92 Å². The van der Waals surface area contributed by atoms with Crippen LogP contribution in [0.15, 0.2) is 12.2 Å². The van der Waals surface area contributed by atoms with E-state index in [-0.39, 0.29) is 0 Å². The smallest absolute Gasteiger partial charge is 0.0351 e. The van der Waals surface area contributed by atoms with E-state index >= 15 is 0 Å². The van der Waals surface area contributed by atoms with Gasteiger partial charge in [0.05, 0.1) is 0 Å². The molecule has 0 aromatic heterocycles. The van der Waals surface area contributed by atoms with Crippen molar-refractivity contribution in [1.82, 2.24) is 0 Å². The minimum atomic E-state index is 0.975. The molecule has 13 heavy (non-hydrogen) atoms. The van der Waals surface area contributed by atoms with Crippen LogP contribution in [0.1, 0.15) is 64.7 Å². The molecule has 0 nitrogen and oxygen atoms in total. The summed E-state index contributed by atoms with van der Waals surface area (Å²) >= 11 is 0. The summed E-state index contributed by atoms with van der Waals surface area (Å²) in [6, 6.07) is 0. The van der Waals surface area contributed by atoms with Crippen LogP contribution < -0.4 is 0 Å². The summed E-state index contributed by atoms with van der Waals surface area (Å²) in [5, 5.41) is 0. The summed E-state index contributed by atoms with van der Waals surface area (Å²) in [5.41, 5.74) is 0. The molecule has 0 fully saturated rings. The van der Waals surface area contributed by atoms with Gasteiger partial charge >= 0.3 is 0 Å². The van der Waals surface area contributed by atoms with Crippen LogP contribution in [0, 0.1) is 5.92 Å². The van der Waals surface area contributed by atoms with Gasteiger partial charge in [0.25, 0.3) is 0 Å². The molecule has 0 heteroatoms. The van der Waals surface area contributed by atoms with E-state index in [0.29, 0.717) is 0 Å². The minimum Gasteiger partial charge on any atom is -0.0885 e. The van der Waals surface area contributed by atoms with Gasteiger partial charge in [0.1, 0.15) is 0 Å². The average molecular weight is 180 g/mol. The molecule has 0 spiro atoms. The minimum absolute atomic E-state index is 0.975. The van der Waals surface area contributed by atoms with Crippen molar-refractivity contribution in [1.29, 1.82) is 0 Å². The Bertz CT molecular complexity index is 135. The van der Waals surface area contributed by atoms with Gasteiger partial charge in [0.15, 0.2) is 0 Å². The van der Waals surface area contributed by atoms with Gasteiger partial charge in [-0.25, -0.2) is 0 Å². The van der Waals surface area contributed by atoms with E-state index in [1.807, 2.05) is 0 Å². The van der Waals surface area contributed by atoms with E-state index in [0.717, 1.165) is 5.92 Å². The zero-order valence-electron chi connectivity index (χ0n) is 9.10. The van der Waals surface area contributed by atoms with E-state index in [9.17, 15) is 0 Å². The largest absolute Gasteiger partial charge is 0.0885 e. The third-order valence-electron chi connectivity index (χ3n) is 3.05. The van der Waals surface area contributed by atoms with Crippen LogP contribution in [0.25, 0.3) is 0 Å². The predicted octanol–water partition coefficient (Wildman–Crippen LogP) is 4.70. The van der Waals surface area contributed by atoms with Gasteiger partial charge in [0, 0.05) is 0 Å². The van der Waals surface area contributed by atoms with Crippen LogP contribution in [0.5, 0.6) is 0 Å². The molecule has 0 N–H and O–H groups in total. The third kappa shape index (κ3) is 5.90. The van der Waals surface area contributed by atoms with Crippen molar-refractivity contribution < 1.29 is 0 Å². The first-order valence-corrected chi connectivity index (χ1v) is 6.04. The normalized spacial score (nSPS) is 30.1. The fraction of sp³-hybridized carbons (Fsp3) is 0.846. The van der Waals surface area contributed by atoms with Gasteiger partial charge < -0.3 is 0 Å². The quantitative estimate of drug-likeness (QED) is 0.474. The van der Waals surface area contributed by atoms with Crippen LogP contribution in [-0.2, 0) is 0 Å². The zero-order chi connectivity index (χ0) is 9.36. The highest BCUT2D eigenvalue weighted by Gasteiger charge is 2.01. The fourth-order valence-corrected chi connectivity index (χ4v) is 2.07. The first-order valence-electron chi connectivity index (χ1n) is 6.04. The molecule has 0 aromatic carbocycles. The topological polar surface area (TPSA) is 0 Å². The van der Waals surface area contributed by atoms with E-state index in [1.54, 1.807) is 0 Å². The van der Waals surface area contributed by atoms with E-state index < -0.39 is 0 Å².